The largest absolute Gasteiger partial charge is 0.496 e. The quantitative estimate of drug-likeness (QED) is 0.628. The van der Waals surface area contributed by atoms with Crippen LogP contribution in [-0.4, -0.2) is 30.4 Å². The van der Waals surface area contributed by atoms with E-state index in [9.17, 15) is 9.59 Å². The Morgan fingerprint density at radius 1 is 0.957 bits per heavy atom. The average molecular weight is 307 g/mol. The van der Waals surface area contributed by atoms with Gasteiger partial charge in [0.15, 0.2) is 0 Å². The zero-order chi connectivity index (χ0) is 16.2. The van der Waals surface area contributed by atoms with Gasteiger partial charge in [-0.05, 0) is 24.6 Å². The van der Waals surface area contributed by atoms with Crippen LogP contribution in [0.5, 0.6) is 0 Å². The Morgan fingerprint density at radius 3 is 2.09 bits per heavy atom. The monoisotopic (exact) mass is 307 g/mol. The average Bonchev–Trinajstić information content (AvgIpc) is 2.84. The molecule has 1 aliphatic heterocycles. The van der Waals surface area contributed by atoms with Gasteiger partial charge in [-0.1, -0.05) is 42.5 Å². The zero-order valence-electron chi connectivity index (χ0n) is 12.9. The molecule has 0 aromatic heterocycles. The molecule has 2 amide bonds. The van der Waals surface area contributed by atoms with Crippen molar-refractivity contribution in [1.82, 2.24) is 4.90 Å². The molecule has 0 radical (unpaired) electrons. The molecule has 0 fully saturated rings. The van der Waals surface area contributed by atoms with Gasteiger partial charge in [-0.3, -0.25) is 14.5 Å². The van der Waals surface area contributed by atoms with E-state index < -0.39 is 0 Å². The minimum absolute atomic E-state index is 0.224. The van der Waals surface area contributed by atoms with E-state index in [0.29, 0.717) is 24.1 Å². The molecule has 23 heavy (non-hydrogen) atoms. The number of benzene rings is 2. The van der Waals surface area contributed by atoms with Crippen molar-refractivity contribution >= 4 is 17.6 Å². The topological polar surface area (TPSA) is 46.6 Å². The Labute approximate surface area is 135 Å². The summed E-state index contributed by atoms with van der Waals surface area (Å²) in [5.74, 6) is 0.289. The second-order valence-corrected chi connectivity index (χ2v) is 5.23. The van der Waals surface area contributed by atoms with Gasteiger partial charge in [0, 0.05) is 12.1 Å². The van der Waals surface area contributed by atoms with Crippen molar-refractivity contribution in [3.8, 4) is 0 Å². The van der Waals surface area contributed by atoms with Crippen molar-refractivity contribution in [3.63, 3.8) is 0 Å². The zero-order valence-corrected chi connectivity index (χ0v) is 12.9. The number of fused-ring (bicyclic) bond motifs is 1. The Balaban J connectivity index is 1.71. The van der Waals surface area contributed by atoms with Gasteiger partial charge in [-0.2, -0.15) is 0 Å². The molecule has 0 saturated carbocycles. The van der Waals surface area contributed by atoms with Crippen LogP contribution in [0.3, 0.4) is 0 Å². The lowest BCUT2D eigenvalue weighted by Gasteiger charge is -2.13. The summed E-state index contributed by atoms with van der Waals surface area (Å²) >= 11 is 0. The third-order valence-corrected chi connectivity index (χ3v) is 3.84. The molecule has 2 aromatic carbocycles. The molecule has 0 aliphatic carbocycles. The van der Waals surface area contributed by atoms with Gasteiger partial charge in [0.1, 0.15) is 5.76 Å². The summed E-state index contributed by atoms with van der Waals surface area (Å²) in [6, 6.07) is 16.6. The number of carbonyl (C=O) groups is 2. The summed E-state index contributed by atoms with van der Waals surface area (Å²) in [4.78, 5) is 25.8. The number of imide groups is 1. The van der Waals surface area contributed by atoms with Crippen LogP contribution in [0.15, 0.2) is 60.7 Å². The van der Waals surface area contributed by atoms with Crippen molar-refractivity contribution in [1.29, 1.82) is 0 Å². The Bertz CT molecular complexity index is 730. The first-order valence-electron chi connectivity index (χ1n) is 7.47. The molecule has 0 atom stereocenters. The van der Waals surface area contributed by atoms with E-state index in [4.69, 9.17) is 4.74 Å². The molecule has 4 heteroatoms. The molecule has 0 spiro atoms. The number of rotatable bonds is 5. The normalized spacial score (nSPS) is 14.1. The lowest BCUT2D eigenvalue weighted by atomic mass is 10.1. The Kier molecular flexibility index (Phi) is 4.24. The smallest absolute Gasteiger partial charge is 0.261 e. The van der Waals surface area contributed by atoms with Crippen LogP contribution in [0.2, 0.25) is 0 Å². The lowest BCUT2D eigenvalue weighted by Crippen LogP contribution is -2.30. The first-order chi connectivity index (χ1) is 11.2. The summed E-state index contributed by atoms with van der Waals surface area (Å²) in [5.41, 5.74) is 1.94. The van der Waals surface area contributed by atoms with Crippen LogP contribution >= 0.6 is 0 Å². The van der Waals surface area contributed by atoms with E-state index in [-0.39, 0.29) is 11.8 Å². The van der Waals surface area contributed by atoms with E-state index in [1.807, 2.05) is 36.4 Å². The van der Waals surface area contributed by atoms with E-state index >= 15 is 0 Å². The third kappa shape index (κ3) is 2.88. The van der Waals surface area contributed by atoms with Crippen molar-refractivity contribution < 1.29 is 14.3 Å². The SMILES string of the molecule is CO/C(=C\CCN1C(=O)c2ccccc2C1=O)c1ccccc1. The minimum atomic E-state index is -0.224. The minimum Gasteiger partial charge on any atom is -0.496 e. The van der Waals surface area contributed by atoms with Crippen molar-refractivity contribution in [3.05, 3.63) is 77.4 Å². The first-order valence-corrected chi connectivity index (χ1v) is 7.47. The maximum Gasteiger partial charge on any atom is 0.261 e. The van der Waals surface area contributed by atoms with Crippen molar-refractivity contribution in [2.45, 2.75) is 6.42 Å². The van der Waals surface area contributed by atoms with Crippen molar-refractivity contribution in [2.75, 3.05) is 13.7 Å². The molecule has 0 saturated heterocycles. The molecule has 116 valence electrons. The van der Waals surface area contributed by atoms with Crippen LogP contribution in [0.4, 0.5) is 0 Å². The number of hydrogen-bond acceptors (Lipinski definition) is 3. The predicted molar refractivity (Wildman–Crippen MR) is 87.9 cm³/mol. The maximum atomic E-state index is 12.3. The molecular weight excluding hydrogens is 290 g/mol. The Hall–Kier alpha value is -2.88. The molecule has 1 heterocycles. The molecule has 3 rings (SSSR count). The summed E-state index contributed by atoms with van der Waals surface area (Å²) < 4.78 is 5.39. The molecule has 1 aliphatic rings. The highest BCUT2D eigenvalue weighted by molar-refractivity contribution is 6.21. The summed E-state index contributed by atoms with van der Waals surface area (Å²) in [7, 11) is 1.61. The second kappa shape index (κ2) is 6.48. The maximum absolute atomic E-state index is 12.3. The second-order valence-electron chi connectivity index (χ2n) is 5.23. The highest BCUT2D eigenvalue weighted by atomic mass is 16.5. The van der Waals surface area contributed by atoms with Gasteiger partial charge in [0.05, 0.1) is 18.2 Å². The van der Waals surface area contributed by atoms with E-state index in [0.717, 1.165) is 11.3 Å². The van der Waals surface area contributed by atoms with Crippen LogP contribution < -0.4 is 0 Å². The fraction of sp³-hybridized carbons (Fsp3) is 0.158. The molecule has 0 bridgehead atoms. The van der Waals surface area contributed by atoms with Gasteiger partial charge in [-0.25, -0.2) is 0 Å². The number of nitrogens with zero attached hydrogens (tertiary/aromatic N) is 1. The summed E-state index contributed by atoms with van der Waals surface area (Å²) in [6.07, 6.45) is 2.45. The molecule has 4 nitrogen and oxygen atoms in total. The van der Waals surface area contributed by atoms with Gasteiger partial charge >= 0.3 is 0 Å². The Morgan fingerprint density at radius 2 is 1.52 bits per heavy atom. The fourth-order valence-corrected chi connectivity index (χ4v) is 2.69. The van der Waals surface area contributed by atoms with Gasteiger partial charge < -0.3 is 4.74 Å². The van der Waals surface area contributed by atoms with E-state index in [1.54, 1.807) is 31.4 Å². The number of ether oxygens (including phenoxy) is 1. The van der Waals surface area contributed by atoms with Gasteiger partial charge in [0.25, 0.3) is 11.8 Å². The summed E-state index contributed by atoms with van der Waals surface area (Å²) in [5, 5.41) is 0. The van der Waals surface area contributed by atoms with Crippen molar-refractivity contribution in [2.24, 2.45) is 0 Å². The molecular formula is C19H17NO3. The first kappa shape index (κ1) is 15.0. The lowest BCUT2D eigenvalue weighted by molar-refractivity contribution is 0.0657. The highest BCUT2D eigenvalue weighted by Gasteiger charge is 2.34. The van der Waals surface area contributed by atoms with Crippen LogP contribution in [0.25, 0.3) is 5.76 Å². The number of carbonyl (C=O) groups excluding carboxylic acids is 2. The predicted octanol–water partition coefficient (Wildman–Crippen LogP) is 3.36. The van der Waals surface area contributed by atoms with E-state index in [2.05, 4.69) is 0 Å². The fourth-order valence-electron chi connectivity index (χ4n) is 2.69. The number of hydrogen-bond donors (Lipinski definition) is 0. The van der Waals surface area contributed by atoms with Gasteiger partial charge in [0.2, 0.25) is 0 Å². The highest BCUT2D eigenvalue weighted by Crippen LogP contribution is 2.23. The number of amides is 2. The summed E-state index contributed by atoms with van der Waals surface area (Å²) in [6.45, 7) is 0.339. The van der Waals surface area contributed by atoms with Gasteiger partial charge in [-0.15, -0.1) is 0 Å². The third-order valence-electron chi connectivity index (χ3n) is 3.84. The standard InChI is InChI=1S/C19H17NO3/c1-23-17(14-8-3-2-4-9-14)12-7-13-20-18(21)15-10-5-6-11-16(15)19(20)22/h2-6,8-12H,7,13H2,1H3/b17-12-. The molecule has 2 aromatic rings. The van der Waals surface area contributed by atoms with Crippen LogP contribution in [-0.2, 0) is 4.74 Å². The van der Waals surface area contributed by atoms with Crippen LogP contribution in [0.1, 0.15) is 32.7 Å². The molecule has 0 N–H and O–H groups in total. The molecule has 0 unspecified atom stereocenters. The van der Waals surface area contributed by atoms with E-state index in [1.165, 1.54) is 4.90 Å². The van der Waals surface area contributed by atoms with Crippen LogP contribution in [0, 0.1) is 0 Å². The number of methoxy groups -OCH3 is 1.